The van der Waals surface area contributed by atoms with E-state index in [9.17, 15) is 14.0 Å². The van der Waals surface area contributed by atoms with E-state index in [0.29, 0.717) is 54.5 Å². The van der Waals surface area contributed by atoms with Gasteiger partial charge >= 0.3 is 0 Å². The second-order valence-corrected chi connectivity index (χ2v) is 6.54. The number of hydrogen-bond donors (Lipinski definition) is 0. The monoisotopic (exact) mass is 386 g/mol. The van der Waals surface area contributed by atoms with Crippen LogP contribution >= 0.6 is 0 Å². The van der Waals surface area contributed by atoms with E-state index in [1.807, 2.05) is 4.90 Å². The summed E-state index contributed by atoms with van der Waals surface area (Å²) in [4.78, 5) is 27.9. The first-order chi connectivity index (χ1) is 13.5. The van der Waals surface area contributed by atoms with Crippen LogP contribution in [0.2, 0.25) is 0 Å². The number of anilines is 1. The maximum Gasteiger partial charge on any atom is 0.257 e. The molecule has 1 aliphatic heterocycles. The number of nitrogens with zero attached hydrogens (tertiary/aromatic N) is 2. The Kier molecular flexibility index (Phi) is 5.82. The van der Waals surface area contributed by atoms with Crippen LogP contribution in [-0.4, -0.2) is 57.0 Å². The van der Waals surface area contributed by atoms with Crippen molar-refractivity contribution < 1.29 is 23.5 Å². The van der Waals surface area contributed by atoms with Crippen LogP contribution in [0.25, 0.3) is 0 Å². The van der Waals surface area contributed by atoms with Gasteiger partial charge in [0.2, 0.25) is 0 Å². The number of piperazine rings is 1. The SMILES string of the molecule is COc1cccc(C(=O)N2CCN(c3ccc(C(C)=O)cc3F)CC2)c1OC. The Morgan fingerprint density at radius 2 is 1.71 bits per heavy atom. The van der Waals surface area contributed by atoms with Gasteiger partial charge in [0, 0.05) is 31.7 Å². The third kappa shape index (κ3) is 3.78. The molecule has 0 radical (unpaired) electrons. The highest BCUT2D eigenvalue weighted by atomic mass is 19.1. The second kappa shape index (κ2) is 8.29. The lowest BCUT2D eigenvalue weighted by Gasteiger charge is -2.36. The average Bonchev–Trinajstić information content (AvgIpc) is 2.72. The van der Waals surface area contributed by atoms with Crippen LogP contribution in [-0.2, 0) is 0 Å². The molecule has 2 aromatic carbocycles. The summed E-state index contributed by atoms with van der Waals surface area (Å²) in [5.74, 6) is 0.153. The molecule has 0 N–H and O–H groups in total. The molecule has 1 saturated heterocycles. The summed E-state index contributed by atoms with van der Waals surface area (Å²) >= 11 is 0. The van der Waals surface area contributed by atoms with E-state index < -0.39 is 5.82 Å². The maximum atomic E-state index is 14.4. The van der Waals surface area contributed by atoms with Gasteiger partial charge in [-0.3, -0.25) is 9.59 Å². The van der Waals surface area contributed by atoms with E-state index in [1.165, 1.54) is 27.2 Å². The number of Topliss-reactive ketones (excluding diaryl/α,β-unsaturated/α-hetero) is 1. The summed E-state index contributed by atoms with van der Waals surface area (Å²) < 4.78 is 25.0. The summed E-state index contributed by atoms with van der Waals surface area (Å²) in [5.41, 5.74) is 1.23. The summed E-state index contributed by atoms with van der Waals surface area (Å²) in [7, 11) is 3.02. The average molecular weight is 386 g/mol. The topological polar surface area (TPSA) is 59.1 Å². The molecule has 0 aliphatic carbocycles. The van der Waals surface area contributed by atoms with E-state index in [-0.39, 0.29) is 11.7 Å². The lowest BCUT2D eigenvalue weighted by molar-refractivity contribution is 0.0742. The molecule has 0 atom stereocenters. The molecule has 0 bridgehead atoms. The molecule has 3 rings (SSSR count). The summed E-state index contributed by atoms with van der Waals surface area (Å²) in [6.07, 6.45) is 0. The number of carbonyl (C=O) groups is 2. The predicted octanol–water partition coefficient (Wildman–Crippen LogP) is 3.01. The highest BCUT2D eigenvalue weighted by Crippen LogP contribution is 2.32. The molecule has 6 nitrogen and oxygen atoms in total. The summed E-state index contributed by atoms with van der Waals surface area (Å²) in [6.45, 7) is 3.30. The van der Waals surface area contributed by atoms with Crippen LogP contribution in [0.15, 0.2) is 36.4 Å². The highest BCUT2D eigenvalue weighted by Gasteiger charge is 2.26. The second-order valence-electron chi connectivity index (χ2n) is 6.54. The number of hydrogen-bond acceptors (Lipinski definition) is 5. The Bertz CT molecular complexity index is 892. The predicted molar refractivity (Wildman–Crippen MR) is 104 cm³/mol. The van der Waals surface area contributed by atoms with Gasteiger partial charge in [-0.05, 0) is 37.3 Å². The molecule has 148 valence electrons. The highest BCUT2D eigenvalue weighted by molar-refractivity contribution is 5.98. The third-order valence-corrected chi connectivity index (χ3v) is 4.90. The van der Waals surface area contributed by atoms with Gasteiger partial charge in [0.1, 0.15) is 5.82 Å². The molecule has 0 spiro atoms. The largest absolute Gasteiger partial charge is 0.493 e. The van der Waals surface area contributed by atoms with Gasteiger partial charge in [-0.15, -0.1) is 0 Å². The van der Waals surface area contributed by atoms with Crippen molar-refractivity contribution in [1.29, 1.82) is 0 Å². The fourth-order valence-corrected chi connectivity index (χ4v) is 3.36. The van der Waals surface area contributed by atoms with Crippen LogP contribution < -0.4 is 14.4 Å². The van der Waals surface area contributed by atoms with Gasteiger partial charge in [0.15, 0.2) is 17.3 Å². The number of amides is 1. The van der Waals surface area contributed by atoms with Crippen LogP contribution in [0, 0.1) is 5.82 Å². The number of methoxy groups -OCH3 is 2. The van der Waals surface area contributed by atoms with Gasteiger partial charge in [-0.25, -0.2) is 4.39 Å². The smallest absolute Gasteiger partial charge is 0.257 e. The van der Waals surface area contributed by atoms with Gasteiger partial charge < -0.3 is 19.3 Å². The molecule has 0 unspecified atom stereocenters. The van der Waals surface area contributed by atoms with Crippen LogP contribution in [0.1, 0.15) is 27.6 Å². The lowest BCUT2D eigenvalue weighted by atomic mass is 10.1. The van der Waals surface area contributed by atoms with E-state index in [1.54, 1.807) is 35.2 Å². The first-order valence-corrected chi connectivity index (χ1v) is 9.02. The summed E-state index contributed by atoms with van der Waals surface area (Å²) in [6, 6.07) is 9.69. The minimum absolute atomic E-state index is 0.150. The number of ether oxygens (including phenoxy) is 2. The van der Waals surface area contributed by atoms with Crippen molar-refractivity contribution in [2.75, 3.05) is 45.3 Å². The molecule has 1 amide bonds. The molecule has 28 heavy (non-hydrogen) atoms. The zero-order valence-electron chi connectivity index (χ0n) is 16.2. The molecule has 1 aliphatic rings. The maximum absolute atomic E-state index is 14.4. The van der Waals surface area contributed by atoms with Crippen molar-refractivity contribution in [2.24, 2.45) is 0 Å². The fraction of sp³-hybridized carbons (Fsp3) is 0.333. The first kappa shape index (κ1) is 19.7. The Morgan fingerprint density at radius 3 is 2.29 bits per heavy atom. The Balaban J connectivity index is 1.72. The standard InChI is InChI=1S/C21H23FN2O4/c1-14(25)15-7-8-18(17(22)13-15)23-9-11-24(12-10-23)21(26)16-5-4-6-19(27-2)20(16)28-3/h4-8,13H,9-12H2,1-3H3. The van der Waals surface area contributed by atoms with Crippen LogP contribution in [0.4, 0.5) is 10.1 Å². The number of halogens is 1. The van der Waals surface area contributed by atoms with Crippen molar-refractivity contribution in [3.05, 3.63) is 53.3 Å². The Labute approximate surface area is 163 Å². The van der Waals surface area contributed by atoms with Crippen molar-refractivity contribution >= 4 is 17.4 Å². The van der Waals surface area contributed by atoms with Gasteiger partial charge in [0.05, 0.1) is 25.5 Å². The quantitative estimate of drug-likeness (QED) is 0.740. The molecule has 2 aromatic rings. The van der Waals surface area contributed by atoms with Gasteiger partial charge in [-0.2, -0.15) is 0 Å². The number of para-hydroxylation sites is 1. The zero-order valence-corrected chi connectivity index (χ0v) is 16.2. The van der Waals surface area contributed by atoms with Crippen molar-refractivity contribution in [3.8, 4) is 11.5 Å². The van der Waals surface area contributed by atoms with E-state index in [0.717, 1.165) is 0 Å². The minimum Gasteiger partial charge on any atom is -0.493 e. The number of carbonyl (C=O) groups excluding carboxylic acids is 2. The third-order valence-electron chi connectivity index (χ3n) is 4.90. The zero-order chi connectivity index (χ0) is 20.3. The van der Waals surface area contributed by atoms with Crippen LogP contribution in [0.3, 0.4) is 0 Å². The summed E-state index contributed by atoms with van der Waals surface area (Å²) in [5, 5.41) is 0. The molecular weight excluding hydrogens is 363 g/mol. The molecule has 1 heterocycles. The Morgan fingerprint density at radius 1 is 1.00 bits per heavy atom. The van der Waals surface area contributed by atoms with E-state index >= 15 is 0 Å². The number of rotatable bonds is 5. The normalized spacial score (nSPS) is 14.0. The number of benzene rings is 2. The van der Waals surface area contributed by atoms with Crippen molar-refractivity contribution in [2.45, 2.75) is 6.92 Å². The molecule has 0 saturated carbocycles. The fourth-order valence-electron chi connectivity index (χ4n) is 3.36. The van der Waals surface area contributed by atoms with E-state index in [2.05, 4.69) is 0 Å². The lowest BCUT2D eigenvalue weighted by Crippen LogP contribution is -2.49. The molecule has 1 fully saturated rings. The minimum atomic E-state index is -0.429. The van der Waals surface area contributed by atoms with Crippen molar-refractivity contribution in [3.63, 3.8) is 0 Å². The number of ketones is 1. The molecule has 0 aromatic heterocycles. The molecule has 7 heteroatoms. The van der Waals surface area contributed by atoms with E-state index in [4.69, 9.17) is 9.47 Å². The molecular formula is C21H23FN2O4. The van der Waals surface area contributed by atoms with Gasteiger partial charge in [-0.1, -0.05) is 6.07 Å². The van der Waals surface area contributed by atoms with Crippen LogP contribution in [0.5, 0.6) is 11.5 Å². The van der Waals surface area contributed by atoms with Gasteiger partial charge in [0.25, 0.3) is 5.91 Å². The Hall–Kier alpha value is -3.09. The van der Waals surface area contributed by atoms with Crippen molar-refractivity contribution in [1.82, 2.24) is 4.90 Å². The first-order valence-electron chi connectivity index (χ1n) is 9.02.